The number of benzene rings is 5. The molecule has 0 saturated carbocycles. The molecule has 0 spiro atoms. The number of rotatable bonds is 2. The Balaban J connectivity index is 1.47. The number of nitrogens with one attached hydrogen (secondary N) is 1. The summed E-state index contributed by atoms with van der Waals surface area (Å²) >= 11 is 1.88. The van der Waals surface area contributed by atoms with E-state index in [-0.39, 0.29) is 0 Å². The van der Waals surface area contributed by atoms with Crippen LogP contribution in [-0.2, 0) is 0 Å². The molecule has 4 heterocycles. The van der Waals surface area contributed by atoms with E-state index in [0.29, 0.717) is 0 Å². The molecule has 1 aliphatic heterocycles. The van der Waals surface area contributed by atoms with Crippen molar-refractivity contribution in [1.29, 1.82) is 0 Å². The first-order valence-corrected chi connectivity index (χ1v) is 14.1. The summed E-state index contributed by atoms with van der Waals surface area (Å²) in [5, 5.41) is 10.7. The smallest absolute Gasteiger partial charge is 0.138 e. The fraction of sp³-hybridized carbons (Fsp3) is 0.0286. The molecule has 0 unspecified atom stereocenters. The van der Waals surface area contributed by atoms with E-state index >= 15 is 0 Å². The summed E-state index contributed by atoms with van der Waals surface area (Å²) in [6.07, 6.45) is 6.27. The molecule has 0 fully saturated rings. The number of aromatic nitrogens is 1. The number of para-hydroxylation sites is 1. The second-order valence-corrected chi connectivity index (χ2v) is 11.2. The van der Waals surface area contributed by atoms with Crippen molar-refractivity contribution in [3.05, 3.63) is 121 Å². The molecule has 184 valence electrons. The number of hydrogen-bond acceptors (Lipinski definition) is 3. The molecule has 0 saturated heterocycles. The van der Waals surface area contributed by atoms with Crippen molar-refractivity contribution in [3.8, 4) is 5.69 Å². The molecule has 0 radical (unpaired) electrons. The molecule has 39 heavy (non-hydrogen) atoms. The number of allylic oxidation sites excluding steroid dienone is 2. The lowest BCUT2D eigenvalue weighted by Gasteiger charge is -2.14. The molecule has 0 amide bonds. The first-order valence-electron chi connectivity index (χ1n) is 13.2. The van der Waals surface area contributed by atoms with Crippen molar-refractivity contribution < 1.29 is 4.42 Å². The van der Waals surface area contributed by atoms with Crippen molar-refractivity contribution in [3.63, 3.8) is 0 Å². The van der Waals surface area contributed by atoms with Crippen LogP contribution in [0.2, 0.25) is 0 Å². The molecule has 9 rings (SSSR count). The predicted octanol–water partition coefficient (Wildman–Crippen LogP) is 9.55. The maximum Gasteiger partial charge on any atom is 0.138 e. The standard InChI is InChI=1S/C35H22N2OS/c1-2-11-24-23(10-1)28(19-30-33(24)32-22(14-7-16-29(32)38-30)21-9-8-18-36-20-21)37-27-15-5-3-12-25(27)35-34(37)26-13-4-6-17-31(26)39-35/h1-19,36H,20H2. The van der Waals surface area contributed by atoms with Gasteiger partial charge in [0.1, 0.15) is 11.2 Å². The Kier molecular flexibility index (Phi) is 4.26. The molecule has 5 aromatic carbocycles. The normalized spacial score (nSPS) is 13.8. The van der Waals surface area contributed by atoms with Crippen LogP contribution in [0.25, 0.3) is 75.2 Å². The van der Waals surface area contributed by atoms with Gasteiger partial charge in [-0.25, -0.2) is 0 Å². The van der Waals surface area contributed by atoms with Gasteiger partial charge in [-0.1, -0.05) is 78.9 Å². The minimum atomic E-state index is 0.802. The summed E-state index contributed by atoms with van der Waals surface area (Å²) < 4.78 is 11.7. The van der Waals surface area contributed by atoms with Crippen LogP contribution in [0.4, 0.5) is 0 Å². The molecule has 1 N–H and O–H groups in total. The number of dihydropyridines is 1. The van der Waals surface area contributed by atoms with Gasteiger partial charge in [-0.3, -0.25) is 0 Å². The van der Waals surface area contributed by atoms with Crippen molar-refractivity contribution >= 4 is 80.8 Å². The first kappa shape index (κ1) is 21.2. The topological polar surface area (TPSA) is 30.1 Å². The van der Waals surface area contributed by atoms with E-state index in [1.54, 1.807) is 0 Å². The van der Waals surface area contributed by atoms with E-state index in [1.807, 2.05) is 17.5 Å². The highest BCUT2D eigenvalue weighted by atomic mass is 32.1. The van der Waals surface area contributed by atoms with E-state index in [0.717, 1.165) is 23.4 Å². The van der Waals surface area contributed by atoms with Gasteiger partial charge in [0.15, 0.2) is 0 Å². The van der Waals surface area contributed by atoms with Crippen molar-refractivity contribution in [2.75, 3.05) is 6.54 Å². The van der Waals surface area contributed by atoms with Gasteiger partial charge in [-0.05, 0) is 47.0 Å². The van der Waals surface area contributed by atoms with Gasteiger partial charge in [0, 0.05) is 44.2 Å². The quantitative estimate of drug-likeness (QED) is 0.247. The van der Waals surface area contributed by atoms with Crippen LogP contribution >= 0.6 is 11.3 Å². The number of thiophene rings is 1. The van der Waals surface area contributed by atoms with Gasteiger partial charge in [0.05, 0.1) is 21.4 Å². The summed E-state index contributed by atoms with van der Waals surface area (Å²) in [4.78, 5) is 0. The van der Waals surface area contributed by atoms with E-state index < -0.39 is 0 Å². The van der Waals surface area contributed by atoms with Crippen LogP contribution in [0.1, 0.15) is 5.56 Å². The van der Waals surface area contributed by atoms with Gasteiger partial charge < -0.3 is 14.3 Å². The number of hydrogen-bond donors (Lipinski definition) is 1. The predicted molar refractivity (Wildman–Crippen MR) is 166 cm³/mol. The van der Waals surface area contributed by atoms with Gasteiger partial charge in [-0.2, -0.15) is 0 Å². The third-order valence-corrected chi connectivity index (χ3v) is 9.25. The Morgan fingerprint density at radius 2 is 1.51 bits per heavy atom. The SMILES string of the molecule is C1=CNCC(c2cccc3oc4cc(-n5c6ccccc6c6sc7ccccc7c65)c5ccccc5c4c23)=C1. The Morgan fingerprint density at radius 3 is 2.38 bits per heavy atom. The van der Waals surface area contributed by atoms with E-state index in [2.05, 4.69) is 119 Å². The Bertz CT molecular complexity index is 2340. The van der Waals surface area contributed by atoms with Gasteiger partial charge in [0.25, 0.3) is 0 Å². The lowest BCUT2D eigenvalue weighted by atomic mass is 9.95. The molecule has 8 aromatic rings. The van der Waals surface area contributed by atoms with E-state index in [9.17, 15) is 0 Å². The minimum absolute atomic E-state index is 0.802. The second-order valence-electron chi connectivity index (χ2n) is 10.2. The fourth-order valence-corrected chi connectivity index (χ4v) is 7.65. The van der Waals surface area contributed by atoms with Crippen molar-refractivity contribution in [2.45, 2.75) is 0 Å². The molecule has 4 heteroatoms. The summed E-state index contributed by atoms with van der Waals surface area (Å²) in [6.45, 7) is 0.802. The van der Waals surface area contributed by atoms with Crippen LogP contribution in [0.5, 0.6) is 0 Å². The summed E-state index contributed by atoms with van der Waals surface area (Å²) in [5.41, 5.74) is 7.95. The number of fused-ring (bicyclic) bond motifs is 10. The molecule has 3 nitrogen and oxygen atoms in total. The first-order chi connectivity index (χ1) is 19.4. The van der Waals surface area contributed by atoms with E-state index in [4.69, 9.17) is 4.42 Å². The van der Waals surface area contributed by atoms with Crippen LogP contribution < -0.4 is 5.32 Å². The average Bonchev–Trinajstić information content (AvgIpc) is 3.66. The molecule has 0 atom stereocenters. The minimum Gasteiger partial charge on any atom is -0.456 e. The molecule has 0 aliphatic carbocycles. The molecule has 1 aliphatic rings. The van der Waals surface area contributed by atoms with Crippen LogP contribution in [0.3, 0.4) is 0 Å². The molecule has 3 aromatic heterocycles. The summed E-state index contributed by atoms with van der Waals surface area (Å²) in [6, 6.07) is 35.0. The van der Waals surface area contributed by atoms with E-state index in [1.165, 1.54) is 63.9 Å². The second kappa shape index (κ2) is 7.85. The third-order valence-electron chi connectivity index (χ3n) is 8.06. The maximum absolute atomic E-state index is 6.65. The van der Waals surface area contributed by atoms with Gasteiger partial charge in [-0.15, -0.1) is 11.3 Å². The summed E-state index contributed by atoms with van der Waals surface area (Å²) in [5.74, 6) is 0. The molecule has 0 bridgehead atoms. The largest absolute Gasteiger partial charge is 0.456 e. The number of nitrogens with zero attached hydrogens (tertiary/aromatic N) is 1. The number of furan rings is 1. The maximum atomic E-state index is 6.65. The van der Waals surface area contributed by atoms with Crippen molar-refractivity contribution in [2.24, 2.45) is 0 Å². The monoisotopic (exact) mass is 518 g/mol. The van der Waals surface area contributed by atoms with Crippen LogP contribution in [0.15, 0.2) is 120 Å². The Morgan fingerprint density at radius 1 is 0.718 bits per heavy atom. The zero-order valence-electron chi connectivity index (χ0n) is 20.9. The zero-order valence-corrected chi connectivity index (χ0v) is 21.8. The Hall–Kier alpha value is -4.80. The lowest BCUT2D eigenvalue weighted by Crippen LogP contribution is -2.11. The molecular formula is C35H22N2OS. The van der Waals surface area contributed by atoms with Crippen molar-refractivity contribution in [1.82, 2.24) is 9.88 Å². The highest BCUT2D eigenvalue weighted by Gasteiger charge is 2.22. The highest BCUT2D eigenvalue weighted by molar-refractivity contribution is 7.26. The zero-order chi connectivity index (χ0) is 25.5. The van der Waals surface area contributed by atoms with Gasteiger partial charge in [0.2, 0.25) is 0 Å². The molecular weight excluding hydrogens is 496 g/mol. The fourth-order valence-electron chi connectivity index (χ4n) is 6.43. The van der Waals surface area contributed by atoms with Crippen LogP contribution in [-0.4, -0.2) is 11.1 Å². The average molecular weight is 519 g/mol. The third kappa shape index (κ3) is 2.87. The lowest BCUT2D eigenvalue weighted by molar-refractivity contribution is 0.669. The highest BCUT2D eigenvalue weighted by Crippen LogP contribution is 2.46. The van der Waals surface area contributed by atoms with Crippen LogP contribution in [0, 0.1) is 0 Å². The summed E-state index contributed by atoms with van der Waals surface area (Å²) in [7, 11) is 0. The van der Waals surface area contributed by atoms with Gasteiger partial charge >= 0.3 is 0 Å². The Labute approximate surface area is 227 Å².